The highest BCUT2D eigenvalue weighted by Crippen LogP contribution is 2.48. The van der Waals surface area contributed by atoms with Crippen molar-refractivity contribution < 1.29 is 4.79 Å². The number of carbonyl (C=O) groups is 1. The molecule has 124 valence electrons. The molecule has 4 atom stereocenters. The van der Waals surface area contributed by atoms with Gasteiger partial charge in [0, 0.05) is 29.8 Å². The fraction of sp³-hybridized carbons (Fsp3) is 0.667. The Balaban J connectivity index is 1.39. The van der Waals surface area contributed by atoms with E-state index < -0.39 is 0 Å². The van der Waals surface area contributed by atoms with Crippen molar-refractivity contribution in [2.75, 3.05) is 0 Å². The van der Waals surface area contributed by atoms with Crippen LogP contribution in [0, 0.1) is 17.8 Å². The number of nitrogens with one attached hydrogen (secondary N) is 2. The van der Waals surface area contributed by atoms with Gasteiger partial charge in [-0.1, -0.05) is 0 Å². The van der Waals surface area contributed by atoms with Gasteiger partial charge in [-0.25, -0.2) is 0 Å². The molecule has 2 fully saturated rings. The van der Waals surface area contributed by atoms with Crippen LogP contribution in [0.3, 0.4) is 0 Å². The summed E-state index contributed by atoms with van der Waals surface area (Å²) in [5, 5.41) is 2.97. The molecule has 1 aromatic heterocycles. The second-order valence-corrected chi connectivity index (χ2v) is 7.54. The normalized spacial score (nSPS) is 31.9. The highest BCUT2D eigenvalue weighted by molar-refractivity contribution is 5.79. The Hall–Kier alpha value is -1.62. The van der Waals surface area contributed by atoms with Crippen LogP contribution in [0.4, 0.5) is 0 Å². The van der Waals surface area contributed by atoms with Gasteiger partial charge in [0.15, 0.2) is 0 Å². The lowest BCUT2D eigenvalue weighted by Gasteiger charge is -2.37. The summed E-state index contributed by atoms with van der Waals surface area (Å²) >= 11 is 0. The first-order chi connectivity index (χ1) is 11.1. The number of pyridine rings is 1. The number of amides is 1. The van der Waals surface area contributed by atoms with Crippen LogP contribution >= 0.6 is 0 Å². The SMILES string of the molecule is N[C@@H]1C[C@@H]2CC(C(=O)NCc3cc4c([nH]c3=O)CCCC4)C[C@@H]21. The van der Waals surface area contributed by atoms with Crippen molar-refractivity contribution in [2.24, 2.45) is 23.5 Å². The van der Waals surface area contributed by atoms with Gasteiger partial charge in [0.2, 0.25) is 5.91 Å². The van der Waals surface area contributed by atoms with Crippen molar-refractivity contribution in [3.8, 4) is 0 Å². The number of carbonyl (C=O) groups excluding carboxylic acids is 1. The molecule has 4 N–H and O–H groups in total. The summed E-state index contributed by atoms with van der Waals surface area (Å²) in [6.07, 6.45) is 7.25. The maximum Gasteiger partial charge on any atom is 0.253 e. The van der Waals surface area contributed by atoms with E-state index in [-0.39, 0.29) is 17.4 Å². The van der Waals surface area contributed by atoms with E-state index >= 15 is 0 Å². The molecule has 1 heterocycles. The lowest BCUT2D eigenvalue weighted by atomic mass is 9.72. The summed E-state index contributed by atoms with van der Waals surface area (Å²) in [6.45, 7) is 0.333. The molecule has 4 rings (SSSR count). The molecular weight excluding hydrogens is 290 g/mol. The van der Waals surface area contributed by atoms with Crippen LogP contribution in [-0.4, -0.2) is 16.9 Å². The number of rotatable bonds is 3. The van der Waals surface area contributed by atoms with E-state index in [1.165, 1.54) is 12.0 Å². The largest absolute Gasteiger partial charge is 0.352 e. The maximum absolute atomic E-state index is 12.4. The van der Waals surface area contributed by atoms with Crippen molar-refractivity contribution >= 4 is 5.91 Å². The van der Waals surface area contributed by atoms with Gasteiger partial charge in [-0.15, -0.1) is 0 Å². The van der Waals surface area contributed by atoms with Crippen LogP contribution in [0.25, 0.3) is 0 Å². The molecule has 23 heavy (non-hydrogen) atoms. The number of hydrogen-bond acceptors (Lipinski definition) is 3. The standard InChI is InChI=1S/C18H25N3O2/c19-15-8-11-6-12(7-14(11)15)17(22)20-9-13-5-10-3-1-2-4-16(10)21-18(13)23/h5,11-12,14-15H,1-4,6-9,19H2,(H,20,22)(H,21,23)/t11-,12?,14-,15+/m0/s1. The third-order valence-corrected chi connectivity index (χ3v) is 6.11. The number of H-pyrrole nitrogens is 1. The quantitative estimate of drug-likeness (QED) is 0.784. The molecule has 1 unspecified atom stereocenters. The summed E-state index contributed by atoms with van der Waals surface area (Å²) in [4.78, 5) is 27.5. The first-order valence-corrected chi connectivity index (χ1v) is 8.89. The molecule has 0 saturated heterocycles. The molecule has 5 nitrogen and oxygen atoms in total. The summed E-state index contributed by atoms with van der Waals surface area (Å²) in [5.74, 6) is 1.35. The van der Waals surface area contributed by atoms with E-state index in [0.717, 1.165) is 44.2 Å². The average molecular weight is 315 g/mol. The van der Waals surface area contributed by atoms with E-state index in [1.807, 2.05) is 6.07 Å². The van der Waals surface area contributed by atoms with E-state index in [0.29, 0.717) is 30.0 Å². The van der Waals surface area contributed by atoms with Crippen LogP contribution in [0.2, 0.25) is 0 Å². The molecule has 5 heteroatoms. The number of fused-ring (bicyclic) bond motifs is 2. The van der Waals surface area contributed by atoms with Crippen molar-refractivity contribution in [1.29, 1.82) is 0 Å². The lowest BCUT2D eigenvalue weighted by molar-refractivity contribution is -0.125. The number of hydrogen-bond donors (Lipinski definition) is 3. The van der Waals surface area contributed by atoms with Crippen molar-refractivity contribution in [3.63, 3.8) is 0 Å². The van der Waals surface area contributed by atoms with Gasteiger partial charge in [-0.3, -0.25) is 9.59 Å². The van der Waals surface area contributed by atoms with E-state index in [4.69, 9.17) is 5.73 Å². The molecule has 1 aromatic rings. The molecule has 0 aromatic carbocycles. The second kappa shape index (κ2) is 5.78. The molecule has 3 aliphatic rings. The van der Waals surface area contributed by atoms with Gasteiger partial charge in [0.05, 0.1) is 0 Å². The molecular formula is C18H25N3O2. The Morgan fingerprint density at radius 2 is 2.09 bits per heavy atom. The topological polar surface area (TPSA) is 88.0 Å². The van der Waals surface area contributed by atoms with Gasteiger partial charge >= 0.3 is 0 Å². The van der Waals surface area contributed by atoms with Gasteiger partial charge in [0.25, 0.3) is 5.56 Å². The summed E-state index contributed by atoms with van der Waals surface area (Å²) in [5.41, 5.74) is 8.94. The van der Waals surface area contributed by atoms with Gasteiger partial charge < -0.3 is 16.0 Å². The van der Waals surface area contributed by atoms with Crippen molar-refractivity contribution in [2.45, 2.75) is 57.5 Å². The Labute approximate surface area is 136 Å². The minimum absolute atomic E-state index is 0.0561. The van der Waals surface area contributed by atoms with Crippen LogP contribution < -0.4 is 16.6 Å². The Bertz CT molecular complexity index is 681. The number of nitrogens with two attached hydrogens (primary N) is 1. The predicted octanol–water partition coefficient (Wildman–Crippen LogP) is 1.24. The third-order valence-electron chi connectivity index (χ3n) is 6.11. The minimum atomic E-state index is -0.0561. The monoisotopic (exact) mass is 315 g/mol. The van der Waals surface area contributed by atoms with Crippen molar-refractivity contribution in [3.05, 3.63) is 33.2 Å². The third kappa shape index (κ3) is 2.71. The summed E-state index contributed by atoms with van der Waals surface area (Å²) in [6, 6.07) is 2.28. The Kier molecular flexibility index (Phi) is 3.76. The summed E-state index contributed by atoms with van der Waals surface area (Å²) < 4.78 is 0. The zero-order valence-corrected chi connectivity index (χ0v) is 13.4. The number of aromatic amines is 1. The predicted molar refractivity (Wildman–Crippen MR) is 87.8 cm³/mol. The first kappa shape index (κ1) is 14.9. The molecule has 3 aliphatic carbocycles. The maximum atomic E-state index is 12.4. The van der Waals surface area contributed by atoms with Crippen LogP contribution in [-0.2, 0) is 24.2 Å². The summed E-state index contributed by atoms with van der Waals surface area (Å²) in [7, 11) is 0. The van der Waals surface area contributed by atoms with E-state index in [9.17, 15) is 9.59 Å². The van der Waals surface area contributed by atoms with E-state index in [2.05, 4.69) is 10.3 Å². The fourth-order valence-corrected chi connectivity index (χ4v) is 4.68. The molecule has 0 radical (unpaired) electrons. The highest BCUT2D eigenvalue weighted by atomic mass is 16.2. The molecule has 0 bridgehead atoms. The van der Waals surface area contributed by atoms with E-state index in [1.54, 1.807) is 0 Å². The van der Waals surface area contributed by atoms with Crippen molar-refractivity contribution in [1.82, 2.24) is 10.3 Å². The first-order valence-electron chi connectivity index (χ1n) is 8.89. The fourth-order valence-electron chi connectivity index (χ4n) is 4.68. The Morgan fingerprint density at radius 1 is 1.26 bits per heavy atom. The van der Waals surface area contributed by atoms with Gasteiger partial charge in [-0.2, -0.15) is 0 Å². The van der Waals surface area contributed by atoms with Gasteiger partial charge in [0.1, 0.15) is 0 Å². The smallest absolute Gasteiger partial charge is 0.253 e. The average Bonchev–Trinajstić information content (AvgIpc) is 2.90. The van der Waals surface area contributed by atoms with Crippen LogP contribution in [0.1, 0.15) is 48.9 Å². The lowest BCUT2D eigenvalue weighted by Crippen LogP contribution is -2.44. The highest BCUT2D eigenvalue weighted by Gasteiger charge is 2.47. The molecule has 0 spiro atoms. The number of aryl methyl sites for hydroxylation is 2. The van der Waals surface area contributed by atoms with Gasteiger partial charge in [-0.05, 0) is 68.4 Å². The molecule has 2 saturated carbocycles. The second-order valence-electron chi connectivity index (χ2n) is 7.54. The Morgan fingerprint density at radius 3 is 2.87 bits per heavy atom. The molecule has 0 aliphatic heterocycles. The van der Waals surface area contributed by atoms with Crippen LogP contribution in [0.15, 0.2) is 10.9 Å². The zero-order chi connectivity index (χ0) is 16.0. The zero-order valence-electron chi connectivity index (χ0n) is 13.4. The number of aromatic nitrogens is 1. The van der Waals surface area contributed by atoms with Crippen LogP contribution in [0.5, 0.6) is 0 Å². The molecule has 1 amide bonds. The minimum Gasteiger partial charge on any atom is -0.352 e.